The molecule has 1 N–H and O–H groups in total. The number of benzene rings is 1. The number of piperidine rings is 1. The van der Waals surface area contributed by atoms with Gasteiger partial charge in [-0.15, -0.1) is 0 Å². The molecule has 1 aromatic carbocycles. The highest BCUT2D eigenvalue weighted by molar-refractivity contribution is 6.30. The lowest BCUT2D eigenvalue weighted by Crippen LogP contribution is -2.47. The normalized spacial score (nSPS) is 25.5. The summed E-state index contributed by atoms with van der Waals surface area (Å²) in [5.74, 6) is 0. The quantitative estimate of drug-likeness (QED) is 0.937. The van der Waals surface area contributed by atoms with Crippen LogP contribution in [0.5, 0.6) is 0 Å². The maximum Gasteiger partial charge on any atom is 0.0924 e. The first kappa shape index (κ1) is 16.4. The molecule has 23 heavy (non-hydrogen) atoms. The van der Waals surface area contributed by atoms with E-state index in [-0.39, 0.29) is 6.04 Å². The summed E-state index contributed by atoms with van der Waals surface area (Å²) in [5, 5.41) is 20.1. The van der Waals surface area contributed by atoms with Crippen molar-refractivity contribution < 1.29 is 5.11 Å². The molecule has 122 valence electrons. The minimum atomic E-state index is -0.806. The van der Waals surface area contributed by atoms with Crippen molar-refractivity contribution in [1.29, 1.82) is 0 Å². The third-order valence-electron chi connectivity index (χ3n) is 4.65. The molecule has 0 radical (unpaired) electrons. The first-order valence-corrected chi connectivity index (χ1v) is 8.36. The van der Waals surface area contributed by atoms with E-state index in [0.29, 0.717) is 17.9 Å². The van der Waals surface area contributed by atoms with Crippen molar-refractivity contribution in [3.63, 3.8) is 0 Å². The Hall–Kier alpha value is -1.49. The van der Waals surface area contributed by atoms with Crippen LogP contribution in [0.15, 0.2) is 36.4 Å². The van der Waals surface area contributed by atoms with Gasteiger partial charge < -0.3 is 5.11 Å². The zero-order chi connectivity index (χ0) is 16.4. The third-order valence-corrected chi connectivity index (χ3v) is 4.88. The first-order chi connectivity index (χ1) is 11.0. The monoisotopic (exact) mass is 331 g/mol. The molecule has 0 aliphatic carbocycles. The minimum absolute atomic E-state index is 0.260. The van der Waals surface area contributed by atoms with Crippen LogP contribution in [-0.2, 0) is 12.1 Å². The molecule has 5 heteroatoms. The Morgan fingerprint density at radius 1 is 1.30 bits per heavy atom. The van der Waals surface area contributed by atoms with E-state index in [9.17, 15) is 5.11 Å². The maximum absolute atomic E-state index is 11.0. The number of aliphatic hydroxyl groups is 1. The van der Waals surface area contributed by atoms with Crippen molar-refractivity contribution in [2.24, 2.45) is 0 Å². The second-order valence-electron chi connectivity index (χ2n) is 6.48. The maximum atomic E-state index is 11.0. The molecule has 4 nitrogen and oxygen atoms in total. The molecule has 1 aromatic heterocycles. The third kappa shape index (κ3) is 3.71. The van der Waals surface area contributed by atoms with Crippen LogP contribution in [0.4, 0.5) is 0 Å². The van der Waals surface area contributed by atoms with Gasteiger partial charge in [-0.05, 0) is 56.5 Å². The van der Waals surface area contributed by atoms with Gasteiger partial charge in [0, 0.05) is 24.2 Å². The molecule has 1 aliphatic rings. The standard InChI is InChI=1S/C18H22ClN3O/c1-13-6-7-17(21-20-13)12-22-9-8-18(23,11-14(22)2)15-4-3-5-16(19)10-15/h3-7,10,14,23H,8-9,11-12H2,1-2H3/t14-,18+/m0/s1. The summed E-state index contributed by atoms with van der Waals surface area (Å²) < 4.78 is 0. The average molecular weight is 332 g/mol. The Morgan fingerprint density at radius 2 is 2.13 bits per heavy atom. The van der Waals surface area contributed by atoms with Gasteiger partial charge in [0.2, 0.25) is 0 Å². The summed E-state index contributed by atoms with van der Waals surface area (Å²) in [7, 11) is 0. The number of rotatable bonds is 3. The van der Waals surface area contributed by atoms with Gasteiger partial charge in [0.05, 0.1) is 17.0 Å². The highest BCUT2D eigenvalue weighted by Crippen LogP contribution is 2.37. The van der Waals surface area contributed by atoms with Crippen LogP contribution in [0.2, 0.25) is 5.02 Å². The summed E-state index contributed by atoms with van der Waals surface area (Å²) >= 11 is 6.07. The summed E-state index contributed by atoms with van der Waals surface area (Å²) in [5.41, 5.74) is 2.00. The van der Waals surface area contributed by atoms with Gasteiger partial charge in [0.1, 0.15) is 0 Å². The Labute approximate surface area is 142 Å². The van der Waals surface area contributed by atoms with Crippen molar-refractivity contribution in [2.75, 3.05) is 6.54 Å². The lowest BCUT2D eigenvalue weighted by Gasteiger charge is -2.43. The molecule has 2 atom stereocenters. The topological polar surface area (TPSA) is 49.2 Å². The van der Waals surface area contributed by atoms with E-state index in [0.717, 1.165) is 30.0 Å². The molecule has 0 saturated carbocycles. The molecule has 2 heterocycles. The Kier molecular flexibility index (Phi) is 4.67. The summed E-state index contributed by atoms with van der Waals surface area (Å²) in [4.78, 5) is 2.35. The highest BCUT2D eigenvalue weighted by Gasteiger charge is 2.37. The smallest absolute Gasteiger partial charge is 0.0924 e. The van der Waals surface area contributed by atoms with Crippen molar-refractivity contribution in [2.45, 2.75) is 44.9 Å². The predicted molar refractivity (Wildman–Crippen MR) is 91.2 cm³/mol. The number of aromatic nitrogens is 2. The average Bonchev–Trinajstić information content (AvgIpc) is 2.52. The second kappa shape index (κ2) is 6.56. The number of hydrogen-bond donors (Lipinski definition) is 1. The van der Waals surface area contributed by atoms with Crippen molar-refractivity contribution in [1.82, 2.24) is 15.1 Å². The van der Waals surface area contributed by atoms with Gasteiger partial charge >= 0.3 is 0 Å². The molecule has 1 aliphatic heterocycles. The van der Waals surface area contributed by atoms with Crippen molar-refractivity contribution in [3.05, 3.63) is 58.4 Å². The van der Waals surface area contributed by atoms with Crippen LogP contribution < -0.4 is 0 Å². The van der Waals surface area contributed by atoms with Gasteiger partial charge in [-0.25, -0.2) is 0 Å². The highest BCUT2D eigenvalue weighted by atomic mass is 35.5. The first-order valence-electron chi connectivity index (χ1n) is 7.98. The van der Waals surface area contributed by atoms with Crippen LogP contribution in [0, 0.1) is 6.92 Å². The fourth-order valence-corrected chi connectivity index (χ4v) is 3.45. The lowest BCUT2D eigenvalue weighted by atomic mass is 9.81. The van der Waals surface area contributed by atoms with E-state index in [1.807, 2.05) is 43.3 Å². The molecular weight excluding hydrogens is 310 g/mol. The Bertz CT molecular complexity index is 676. The lowest BCUT2D eigenvalue weighted by molar-refractivity contribution is -0.0505. The van der Waals surface area contributed by atoms with E-state index < -0.39 is 5.60 Å². The van der Waals surface area contributed by atoms with Crippen LogP contribution >= 0.6 is 11.6 Å². The molecule has 0 amide bonds. The molecule has 2 aromatic rings. The molecule has 1 fully saturated rings. The van der Waals surface area contributed by atoms with Gasteiger partial charge in [-0.3, -0.25) is 4.90 Å². The minimum Gasteiger partial charge on any atom is -0.385 e. The number of likely N-dealkylation sites (tertiary alicyclic amines) is 1. The summed E-state index contributed by atoms with van der Waals surface area (Å²) in [6, 6.07) is 11.8. The number of nitrogens with zero attached hydrogens (tertiary/aromatic N) is 3. The van der Waals surface area contributed by atoms with Crippen molar-refractivity contribution >= 4 is 11.6 Å². The zero-order valence-corrected chi connectivity index (χ0v) is 14.3. The largest absolute Gasteiger partial charge is 0.385 e. The summed E-state index contributed by atoms with van der Waals surface area (Å²) in [6.45, 7) is 5.67. The van der Waals surface area contributed by atoms with Crippen LogP contribution in [0.3, 0.4) is 0 Å². The van der Waals surface area contributed by atoms with Crippen molar-refractivity contribution in [3.8, 4) is 0 Å². The molecular formula is C18H22ClN3O. The SMILES string of the molecule is Cc1ccc(CN2CC[C@](O)(c3cccc(Cl)c3)C[C@@H]2C)nn1. The fraction of sp³-hybridized carbons (Fsp3) is 0.444. The summed E-state index contributed by atoms with van der Waals surface area (Å²) in [6.07, 6.45) is 1.38. The number of hydrogen-bond acceptors (Lipinski definition) is 4. The molecule has 3 rings (SSSR count). The number of aryl methyl sites for hydroxylation is 1. The van der Waals surface area contributed by atoms with Gasteiger partial charge in [-0.1, -0.05) is 23.7 Å². The Morgan fingerprint density at radius 3 is 2.78 bits per heavy atom. The van der Waals surface area contributed by atoms with E-state index in [2.05, 4.69) is 22.0 Å². The van der Waals surface area contributed by atoms with Gasteiger partial charge in [0.25, 0.3) is 0 Å². The van der Waals surface area contributed by atoms with E-state index in [4.69, 9.17) is 11.6 Å². The number of halogens is 1. The predicted octanol–water partition coefficient (Wildman–Crippen LogP) is 3.31. The van der Waals surface area contributed by atoms with Crippen LogP contribution in [-0.4, -0.2) is 32.8 Å². The second-order valence-corrected chi connectivity index (χ2v) is 6.92. The molecule has 0 unspecified atom stereocenters. The van der Waals surface area contributed by atoms with E-state index in [1.165, 1.54) is 0 Å². The van der Waals surface area contributed by atoms with Crippen LogP contribution in [0.1, 0.15) is 36.7 Å². The van der Waals surface area contributed by atoms with Crippen LogP contribution in [0.25, 0.3) is 0 Å². The fourth-order valence-electron chi connectivity index (χ4n) is 3.26. The Balaban J connectivity index is 1.70. The molecule has 0 spiro atoms. The van der Waals surface area contributed by atoms with E-state index in [1.54, 1.807) is 0 Å². The van der Waals surface area contributed by atoms with Gasteiger partial charge in [-0.2, -0.15) is 10.2 Å². The van der Waals surface area contributed by atoms with Gasteiger partial charge in [0.15, 0.2) is 0 Å². The zero-order valence-electron chi connectivity index (χ0n) is 13.5. The molecule has 1 saturated heterocycles. The molecule has 0 bridgehead atoms. The van der Waals surface area contributed by atoms with E-state index >= 15 is 0 Å².